The van der Waals surface area contributed by atoms with Gasteiger partial charge in [0, 0.05) is 12.0 Å². The summed E-state index contributed by atoms with van der Waals surface area (Å²) in [7, 11) is -2.70. The van der Waals surface area contributed by atoms with Crippen molar-refractivity contribution >= 4 is 47.3 Å². The van der Waals surface area contributed by atoms with Crippen LogP contribution in [0.5, 0.6) is 0 Å². The minimum absolute atomic E-state index is 0.0504. The van der Waals surface area contributed by atoms with Crippen molar-refractivity contribution in [1.29, 1.82) is 0 Å². The van der Waals surface area contributed by atoms with E-state index in [9.17, 15) is 4.79 Å². The minimum Gasteiger partial charge on any atom is -0.455 e. The van der Waals surface area contributed by atoms with Crippen LogP contribution in [0.2, 0.25) is 5.04 Å². The SMILES string of the molecule is C[C@H]1C=C(C[C@@H](CCCCC/C=C/I)O[Si](c2ccccc2)(c2ccccc2)C(C)(C)C)C(=O)O1. The van der Waals surface area contributed by atoms with E-state index in [1.165, 1.54) is 16.8 Å². The highest BCUT2D eigenvalue weighted by atomic mass is 127. The van der Waals surface area contributed by atoms with Gasteiger partial charge in [0.2, 0.25) is 0 Å². The number of carbonyl (C=O) groups is 1. The van der Waals surface area contributed by atoms with Crippen LogP contribution in [0.25, 0.3) is 0 Å². The molecule has 2 atom stereocenters. The molecule has 0 saturated carbocycles. The zero-order chi connectivity index (χ0) is 25.3. The third-order valence-electron chi connectivity index (χ3n) is 6.68. The number of hydrogen-bond donors (Lipinski definition) is 0. The van der Waals surface area contributed by atoms with E-state index in [1.807, 2.05) is 13.0 Å². The molecule has 3 rings (SSSR count). The molecule has 188 valence electrons. The Morgan fingerprint density at radius 2 is 1.60 bits per heavy atom. The van der Waals surface area contributed by atoms with E-state index >= 15 is 0 Å². The van der Waals surface area contributed by atoms with Gasteiger partial charge in [0.25, 0.3) is 8.32 Å². The number of benzene rings is 2. The van der Waals surface area contributed by atoms with Crippen LogP contribution in [-0.2, 0) is 14.0 Å². The van der Waals surface area contributed by atoms with Gasteiger partial charge in [-0.25, -0.2) is 4.79 Å². The molecule has 0 unspecified atom stereocenters. The van der Waals surface area contributed by atoms with Crippen molar-refractivity contribution < 1.29 is 14.0 Å². The quantitative estimate of drug-likeness (QED) is 0.113. The molecule has 0 aliphatic carbocycles. The van der Waals surface area contributed by atoms with E-state index < -0.39 is 8.32 Å². The first-order chi connectivity index (χ1) is 16.8. The van der Waals surface area contributed by atoms with Crippen molar-refractivity contribution in [3.63, 3.8) is 0 Å². The predicted molar refractivity (Wildman–Crippen MR) is 157 cm³/mol. The average Bonchev–Trinajstić information content (AvgIpc) is 3.16. The van der Waals surface area contributed by atoms with E-state index in [2.05, 4.69) is 114 Å². The van der Waals surface area contributed by atoms with Gasteiger partial charge in [-0.1, -0.05) is 123 Å². The minimum atomic E-state index is -2.70. The van der Waals surface area contributed by atoms with Crippen molar-refractivity contribution in [2.75, 3.05) is 0 Å². The van der Waals surface area contributed by atoms with Gasteiger partial charge >= 0.3 is 5.97 Å². The molecule has 0 radical (unpaired) electrons. The van der Waals surface area contributed by atoms with Gasteiger partial charge in [-0.15, -0.1) is 0 Å². The number of esters is 1. The van der Waals surface area contributed by atoms with Crippen molar-refractivity contribution in [3.8, 4) is 0 Å². The Morgan fingerprint density at radius 3 is 2.09 bits per heavy atom. The standard InChI is InChI=1S/C30H39IO3Si/c1-24-22-25(29(32)33-24)23-26(16-10-6-5-7-15-21-31)34-35(30(2,3)4,27-17-11-8-12-18-27)28-19-13-9-14-20-28/h8-9,11-15,17-22,24,26H,5-7,10,16,23H2,1-4H3/b21-15+/t24-,26+/m0/s1. The van der Waals surface area contributed by atoms with Gasteiger partial charge in [0.15, 0.2) is 0 Å². The van der Waals surface area contributed by atoms with Crippen LogP contribution in [0.1, 0.15) is 66.2 Å². The first-order valence-corrected chi connectivity index (χ1v) is 15.9. The second-order valence-electron chi connectivity index (χ2n) is 10.4. The first-order valence-electron chi connectivity index (χ1n) is 12.7. The number of hydrogen-bond acceptors (Lipinski definition) is 3. The van der Waals surface area contributed by atoms with E-state index in [0.717, 1.165) is 31.3 Å². The number of rotatable bonds is 12. The van der Waals surface area contributed by atoms with Crippen LogP contribution in [0, 0.1) is 0 Å². The summed E-state index contributed by atoms with van der Waals surface area (Å²) in [4.78, 5) is 12.5. The summed E-state index contributed by atoms with van der Waals surface area (Å²) in [5.74, 6) is -0.194. The summed E-state index contributed by atoms with van der Waals surface area (Å²) in [5.41, 5.74) is 0.758. The lowest BCUT2D eigenvalue weighted by atomic mass is 10.0. The molecular formula is C30H39IO3Si. The summed E-state index contributed by atoms with van der Waals surface area (Å²) in [6.45, 7) is 8.83. The van der Waals surface area contributed by atoms with Gasteiger partial charge in [-0.2, -0.15) is 0 Å². The summed E-state index contributed by atoms with van der Waals surface area (Å²) in [6.07, 6.45) is 10.0. The van der Waals surface area contributed by atoms with E-state index in [0.29, 0.717) is 6.42 Å². The van der Waals surface area contributed by atoms with Gasteiger partial charge < -0.3 is 9.16 Å². The molecule has 0 amide bonds. The molecule has 35 heavy (non-hydrogen) atoms. The lowest BCUT2D eigenvalue weighted by Gasteiger charge is -2.45. The van der Waals surface area contributed by atoms with Gasteiger partial charge in [-0.05, 0) is 51.8 Å². The fourth-order valence-electron chi connectivity index (χ4n) is 5.04. The number of cyclic esters (lactones) is 1. The Bertz CT molecular complexity index is 956. The van der Waals surface area contributed by atoms with E-state index in [1.54, 1.807) is 0 Å². The van der Waals surface area contributed by atoms with E-state index in [4.69, 9.17) is 9.16 Å². The lowest BCUT2D eigenvalue weighted by Crippen LogP contribution is -2.67. The van der Waals surface area contributed by atoms with E-state index in [-0.39, 0.29) is 23.2 Å². The number of ether oxygens (including phenoxy) is 1. The Hall–Kier alpha value is -1.70. The van der Waals surface area contributed by atoms with Gasteiger partial charge in [-0.3, -0.25) is 0 Å². The largest absolute Gasteiger partial charge is 0.455 e. The second-order valence-corrected chi connectivity index (χ2v) is 15.4. The number of carbonyl (C=O) groups excluding carboxylic acids is 1. The highest BCUT2D eigenvalue weighted by Crippen LogP contribution is 2.39. The van der Waals surface area contributed by atoms with Crippen molar-refractivity contribution in [1.82, 2.24) is 0 Å². The Kier molecular flexibility index (Phi) is 10.4. The molecule has 0 saturated heterocycles. The van der Waals surface area contributed by atoms with Crippen LogP contribution >= 0.6 is 22.6 Å². The fraction of sp³-hybridized carbons (Fsp3) is 0.433. The van der Waals surface area contributed by atoms with Crippen LogP contribution in [0.3, 0.4) is 0 Å². The van der Waals surface area contributed by atoms with Crippen molar-refractivity contribution in [2.45, 2.75) is 83.5 Å². The zero-order valence-electron chi connectivity index (χ0n) is 21.5. The van der Waals surface area contributed by atoms with Crippen LogP contribution in [-0.4, -0.2) is 26.5 Å². The van der Waals surface area contributed by atoms with Gasteiger partial charge in [0.05, 0.1) is 6.10 Å². The number of allylic oxidation sites excluding steroid dienone is 1. The predicted octanol–water partition coefficient (Wildman–Crippen LogP) is 7.09. The Balaban J connectivity index is 1.98. The van der Waals surface area contributed by atoms with Gasteiger partial charge in [0.1, 0.15) is 6.10 Å². The zero-order valence-corrected chi connectivity index (χ0v) is 24.7. The summed E-state index contributed by atoms with van der Waals surface area (Å²) in [5, 5.41) is 2.44. The molecule has 2 aromatic rings. The maximum Gasteiger partial charge on any atom is 0.334 e. The average molecular weight is 603 g/mol. The molecule has 1 aliphatic heterocycles. The smallest absolute Gasteiger partial charge is 0.334 e. The molecule has 5 heteroatoms. The van der Waals surface area contributed by atoms with Crippen LogP contribution in [0.4, 0.5) is 0 Å². The Labute approximate surface area is 226 Å². The highest BCUT2D eigenvalue weighted by molar-refractivity contribution is 14.1. The molecule has 0 N–H and O–H groups in total. The van der Waals surface area contributed by atoms with Crippen molar-refractivity contribution in [2.24, 2.45) is 0 Å². The molecule has 2 aromatic carbocycles. The molecule has 0 aromatic heterocycles. The third kappa shape index (κ3) is 7.17. The topological polar surface area (TPSA) is 35.5 Å². The third-order valence-corrected chi connectivity index (χ3v) is 12.3. The van der Waals surface area contributed by atoms with Crippen LogP contribution < -0.4 is 10.4 Å². The van der Waals surface area contributed by atoms with Crippen LogP contribution in [0.15, 0.2) is 82.5 Å². The maximum absolute atomic E-state index is 12.5. The molecule has 3 nitrogen and oxygen atoms in total. The molecule has 1 aliphatic rings. The fourth-order valence-corrected chi connectivity index (χ4v) is 10.1. The van der Waals surface area contributed by atoms with Crippen molar-refractivity contribution in [3.05, 3.63) is 82.5 Å². The molecule has 0 bridgehead atoms. The normalized spacial score (nSPS) is 17.5. The first kappa shape index (κ1) is 27.9. The summed E-state index contributed by atoms with van der Waals surface area (Å²) in [6, 6.07) is 21.5. The maximum atomic E-state index is 12.5. The molecule has 0 spiro atoms. The molecular weight excluding hydrogens is 563 g/mol. The number of unbranched alkanes of at least 4 members (excludes halogenated alkanes) is 3. The molecule has 1 heterocycles. The number of halogens is 1. The lowest BCUT2D eigenvalue weighted by molar-refractivity contribution is -0.139. The highest BCUT2D eigenvalue weighted by Gasteiger charge is 2.51. The monoisotopic (exact) mass is 602 g/mol. The summed E-state index contributed by atoms with van der Waals surface area (Å²) < 4.78 is 14.9. The molecule has 0 fully saturated rings. The summed E-state index contributed by atoms with van der Waals surface area (Å²) >= 11 is 2.28. The second kappa shape index (κ2) is 13.0. The Morgan fingerprint density at radius 1 is 1.00 bits per heavy atom.